The van der Waals surface area contributed by atoms with Gasteiger partial charge in [-0.1, -0.05) is 26.0 Å². The summed E-state index contributed by atoms with van der Waals surface area (Å²) in [6.45, 7) is 6.09. The topological polar surface area (TPSA) is 52.6 Å². The van der Waals surface area contributed by atoms with Gasteiger partial charge in [0.05, 0.1) is 12.6 Å². The minimum Gasteiger partial charge on any atom is -0.393 e. The van der Waals surface area contributed by atoms with Crippen molar-refractivity contribution in [3.8, 4) is 0 Å². The number of piperidine rings is 1. The van der Waals surface area contributed by atoms with Crippen molar-refractivity contribution in [1.29, 1.82) is 0 Å². The number of carbonyl (C=O) groups excluding carboxylic acids is 1. The Bertz CT molecular complexity index is 462. The number of likely N-dealkylation sites (tertiary alicyclic amines) is 1. The molecule has 1 heterocycles. The number of carbonyl (C=O) groups is 1. The number of rotatable bonds is 4. The molecule has 110 valence electrons. The van der Waals surface area contributed by atoms with Crippen LogP contribution >= 0.6 is 0 Å². The van der Waals surface area contributed by atoms with Crippen molar-refractivity contribution >= 4 is 11.6 Å². The van der Waals surface area contributed by atoms with Crippen LogP contribution < -0.4 is 5.32 Å². The maximum Gasteiger partial charge on any atom is 0.238 e. The average molecular weight is 276 g/mol. The number of amides is 1. The number of hydrogen-bond acceptors (Lipinski definition) is 3. The van der Waals surface area contributed by atoms with E-state index in [0.717, 1.165) is 31.6 Å². The van der Waals surface area contributed by atoms with E-state index in [2.05, 4.69) is 23.2 Å². The van der Waals surface area contributed by atoms with Crippen molar-refractivity contribution < 1.29 is 9.90 Å². The molecule has 0 bridgehead atoms. The van der Waals surface area contributed by atoms with Gasteiger partial charge in [-0.05, 0) is 36.5 Å². The van der Waals surface area contributed by atoms with Crippen molar-refractivity contribution in [2.24, 2.45) is 5.92 Å². The van der Waals surface area contributed by atoms with Crippen molar-refractivity contribution in [3.63, 3.8) is 0 Å². The first-order valence-corrected chi connectivity index (χ1v) is 7.37. The van der Waals surface area contributed by atoms with Gasteiger partial charge >= 0.3 is 0 Å². The molecule has 0 spiro atoms. The number of hydrogen-bond donors (Lipinski definition) is 2. The van der Waals surface area contributed by atoms with Crippen LogP contribution in [0.15, 0.2) is 24.3 Å². The van der Waals surface area contributed by atoms with Crippen molar-refractivity contribution in [2.45, 2.75) is 32.8 Å². The van der Waals surface area contributed by atoms with E-state index in [1.165, 1.54) is 5.56 Å². The maximum atomic E-state index is 12.1. The quantitative estimate of drug-likeness (QED) is 0.883. The van der Waals surface area contributed by atoms with Gasteiger partial charge in [0.25, 0.3) is 0 Å². The Labute approximate surface area is 120 Å². The van der Waals surface area contributed by atoms with Crippen LogP contribution in [-0.2, 0) is 11.2 Å². The number of benzene rings is 1. The smallest absolute Gasteiger partial charge is 0.238 e. The SMILES string of the molecule is CCc1cccc(NC(=O)CN2CCC(O)C(C)C2)c1. The highest BCUT2D eigenvalue weighted by Gasteiger charge is 2.25. The molecule has 0 aliphatic carbocycles. The molecule has 1 aromatic rings. The second-order valence-electron chi connectivity index (χ2n) is 5.67. The summed E-state index contributed by atoms with van der Waals surface area (Å²) in [7, 11) is 0. The Kier molecular flexibility index (Phi) is 5.15. The summed E-state index contributed by atoms with van der Waals surface area (Å²) in [5.41, 5.74) is 2.08. The molecule has 2 unspecified atom stereocenters. The zero-order valence-electron chi connectivity index (χ0n) is 12.3. The van der Waals surface area contributed by atoms with Gasteiger partial charge in [0.2, 0.25) is 5.91 Å². The number of nitrogens with one attached hydrogen (secondary N) is 1. The van der Waals surface area contributed by atoms with Gasteiger partial charge in [-0.25, -0.2) is 0 Å². The third-order valence-corrected chi connectivity index (χ3v) is 3.93. The van der Waals surface area contributed by atoms with E-state index in [-0.39, 0.29) is 17.9 Å². The van der Waals surface area contributed by atoms with Gasteiger partial charge in [-0.2, -0.15) is 0 Å². The highest BCUT2D eigenvalue weighted by molar-refractivity contribution is 5.92. The molecule has 4 nitrogen and oxygen atoms in total. The van der Waals surface area contributed by atoms with Crippen LogP contribution in [0.1, 0.15) is 25.8 Å². The maximum absolute atomic E-state index is 12.1. The second kappa shape index (κ2) is 6.86. The highest BCUT2D eigenvalue weighted by Crippen LogP contribution is 2.16. The molecule has 1 saturated heterocycles. The van der Waals surface area contributed by atoms with Gasteiger partial charge in [0, 0.05) is 18.8 Å². The monoisotopic (exact) mass is 276 g/mol. The van der Waals surface area contributed by atoms with Crippen molar-refractivity contribution in [3.05, 3.63) is 29.8 Å². The zero-order valence-corrected chi connectivity index (χ0v) is 12.3. The summed E-state index contributed by atoms with van der Waals surface area (Å²) in [5.74, 6) is 0.252. The van der Waals surface area contributed by atoms with Crippen LogP contribution in [0.4, 0.5) is 5.69 Å². The Balaban J connectivity index is 1.86. The lowest BCUT2D eigenvalue weighted by Crippen LogP contribution is -2.45. The van der Waals surface area contributed by atoms with Gasteiger partial charge in [0.15, 0.2) is 0 Å². The fraction of sp³-hybridized carbons (Fsp3) is 0.562. The molecule has 0 aromatic heterocycles. The van der Waals surface area contributed by atoms with Crippen LogP contribution in [0.5, 0.6) is 0 Å². The lowest BCUT2D eigenvalue weighted by atomic mass is 9.97. The van der Waals surface area contributed by atoms with E-state index < -0.39 is 0 Å². The van der Waals surface area contributed by atoms with Crippen LogP contribution in [0.2, 0.25) is 0 Å². The van der Waals surface area contributed by atoms with Crippen molar-refractivity contribution in [1.82, 2.24) is 4.90 Å². The molecule has 4 heteroatoms. The van der Waals surface area contributed by atoms with Crippen molar-refractivity contribution in [2.75, 3.05) is 25.0 Å². The molecule has 0 radical (unpaired) electrons. The first kappa shape index (κ1) is 15.0. The number of aryl methyl sites for hydroxylation is 1. The zero-order chi connectivity index (χ0) is 14.5. The molecule has 1 aliphatic heterocycles. The Hall–Kier alpha value is -1.39. The highest BCUT2D eigenvalue weighted by atomic mass is 16.3. The van der Waals surface area contributed by atoms with Crippen LogP contribution in [-0.4, -0.2) is 41.7 Å². The Morgan fingerprint density at radius 3 is 3.00 bits per heavy atom. The number of aliphatic hydroxyl groups is 1. The molecule has 2 rings (SSSR count). The fourth-order valence-corrected chi connectivity index (χ4v) is 2.64. The molecule has 1 aromatic carbocycles. The number of nitrogens with zero attached hydrogens (tertiary/aromatic N) is 1. The molecule has 1 aliphatic rings. The predicted molar refractivity (Wildman–Crippen MR) is 80.7 cm³/mol. The van der Waals surface area contributed by atoms with Crippen LogP contribution in [0.3, 0.4) is 0 Å². The Morgan fingerprint density at radius 2 is 2.30 bits per heavy atom. The molecule has 20 heavy (non-hydrogen) atoms. The summed E-state index contributed by atoms with van der Waals surface area (Å²) in [6.07, 6.45) is 1.49. The predicted octanol–water partition coefficient (Wildman–Crippen LogP) is 1.89. The van der Waals surface area contributed by atoms with E-state index in [1.807, 2.05) is 25.1 Å². The largest absolute Gasteiger partial charge is 0.393 e. The summed E-state index contributed by atoms with van der Waals surface area (Å²) < 4.78 is 0. The van der Waals surface area contributed by atoms with E-state index in [9.17, 15) is 9.90 Å². The molecule has 1 fully saturated rings. The molecular weight excluding hydrogens is 252 g/mol. The first-order chi connectivity index (χ1) is 9.58. The molecule has 1 amide bonds. The fourth-order valence-electron chi connectivity index (χ4n) is 2.64. The number of aliphatic hydroxyl groups excluding tert-OH is 1. The van der Waals surface area contributed by atoms with Crippen LogP contribution in [0.25, 0.3) is 0 Å². The van der Waals surface area contributed by atoms with Gasteiger partial charge in [-0.3, -0.25) is 9.69 Å². The lowest BCUT2D eigenvalue weighted by Gasteiger charge is -2.33. The van der Waals surface area contributed by atoms with E-state index in [0.29, 0.717) is 6.54 Å². The van der Waals surface area contributed by atoms with E-state index in [4.69, 9.17) is 0 Å². The minimum absolute atomic E-state index is 0.0156. The molecule has 0 saturated carbocycles. The summed E-state index contributed by atoms with van der Waals surface area (Å²) >= 11 is 0. The molecule has 2 atom stereocenters. The molecule has 2 N–H and O–H groups in total. The normalized spacial score (nSPS) is 23.6. The standard InChI is InChI=1S/C16H24N2O2/c1-3-13-5-4-6-14(9-13)17-16(20)11-18-8-7-15(19)12(2)10-18/h4-6,9,12,15,19H,3,7-8,10-11H2,1-2H3,(H,17,20). The summed E-state index contributed by atoms with van der Waals surface area (Å²) in [6, 6.07) is 7.96. The summed E-state index contributed by atoms with van der Waals surface area (Å²) in [5, 5.41) is 12.6. The van der Waals surface area contributed by atoms with E-state index >= 15 is 0 Å². The average Bonchev–Trinajstić information content (AvgIpc) is 2.43. The molecular formula is C16H24N2O2. The number of anilines is 1. The van der Waals surface area contributed by atoms with Gasteiger partial charge < -0.3 is 10.4 Å². The minimum atomic E-state index is -0.226. The first-order valence-electron chi connectivity index (χ1n) is 7.37. The van der Waals surface area contributed by atoms with Crippen LogP contribution in [0, 0.1) is 5.92 Å². The third-order valence-electron chi connectivity index (χ3n) is 3.93. The third kappa shape index (κ3) is 4.05. The lowest BCUT2D eigenvalue weighted by molar-refractivity contribution is -0.118. The van der Waals surface area contributed by atoms with Gasteiger partial charge in [-0.15, -0.1) is 0 Å². The summed E-state index contributed by atoms with van der Waals surface area (Å²) in [4.78, 5) is 14.2. The second-order valence-corrected chi connectivity index (χ2v) is 5.67. The van der Waals surface area contributed by atoms with Gasteiger partial charge in [0.1, 0.15) is 0 Å². The Morgan fingerprint density at radius 1 is 1.50 bits per heavy atom. The van der Waals surface area contributed by atoms with E-state index in [1.54, 1.807) is 0 Å².